The van der Waals surface area contributed by atoms with Gasteiger partial charge in [-0.05, 0) is 60.0 Å². The molecule has 0 heterocycles. The number of rotatable bonds is 7. The molecule has 22 heavy (non-hydrogen) atoms. The number of unbranched alkanes of at least 4 members (excludes halogenated alkanes) is 1. The first kappa shape index (κ1) is 24.2. The third kappa shape index (κ3) is 17.2. The molecule has 7 nitrogen and oxygen atoms in total. The molecule has 0 saturated carbocycles. The van der Waals surface area contributed by atoms with Gasteiger partial charge in [-0.2, -0.15) is 6.41 Å². The summed E-state index contributed by atoms with van der Waals surface area (Å²) in [6.07, 6.45) is 4.19. The van der Waals surface area contributed by atoms with Gasteiger partial charge in [-0.25, -0.2) is 4.79 Å². The maximum absolute atomic E-state index is 11.3. The first-order chi connectivity index (χ1) is 9.67. The molecular weight excluding hydrogens is 533 g/mol. The van der Waals surface area contributed by atoms with Crippen LogP contribution in [-0.2, 0) is 14.3 Å². The molecule has 0 aromatic heterocycles. The molecular formula is C14H27FmN2O5-. The number of carbonyl (C=O) groups excluding carboxylic acids is 2. The van der Waals surface area contributed by atoms with E-state index in [1.165, 1.54) is 4.90 Å². The predicted molar refractivity (Wildman–Crippen MR) is 79.7 cm³/mol. The molecule has 0 fully saturated rings. The van der Waals surface area contributed by atoms with Crippen LogP contribution in [0.15, 0.2) is 0 Å². The van der Waals surface area contributed by atoms with Gasteiger partial charge in [0.05, 0.1) is 0 Å². The summed E-state index contributed by atoms with van der Waals surface area (Å²) < 4.78 is 5.11. The molecule has 0 radical (unpaired) electrons. The second kappa shape index (κ2) is 13.2. The maximum atomic E-state index is 11.3. The topological polar surface area (TPSA) is 95.9 Å². The summed E-state index contributed by atoms with van der Waals surface area (Å²) in [6, 6.07) is 0.184. The number of hydrogen-bond donors (Lipinski definition) is 2. The van der Waals surface area contributed by atoms with Gasteiger partial charge in [0, 0.05) is 6.54 Å². The molecule has 0 aliphatic rings. The predicted octanol–water partition coefficient (Wildman–Crippen LogP) is 1.77. The van der Waals surface area contributed by atoms with Crippen molar-refractivity contribution in [3.63, 3.8) is 0 Å². The molecule has 0 bridgehead atoms. The van der Waals surface area contributed by atoms with Crippen LogP contribution in [0.2, 0.25) is 0 Å². The molecule has 136 valence electrons. The van der Waals surface area contributed by atoms with Crippen molar-refractivity contribution in [2.45, 2.75) is 58.6 Å². The van der Waals surface area contributed by atoms with Crippen molar-refractivity contribution in [1.82, 2.24) is 10.2 Å². The van der Waals surface area contributed by atoms with Crippen molar-refractivity contribution >= 4 is 19.0 Å². The Balaban J connectivity index is -0.000000827. The number of ether oxygens (including phenoxy) is 1. The van der Waals surface area contributed by atoms with Crippen molar-refractivity contribution in [1.29, 1.82) is 0 Å². The van der Waals surface area contributed by atoms with E-state index < -0.39 is 5.60 Å². The van der Waals surface area contributed by atoms with Crippen LogP contribution in [-0.4, -0.2) is 54.2 Å². The number of nitrogens with zero attached hydrogens (tertiary/aromatic N) is 1. The van der Waals surface area contributed by atoms with Crippen molar-refractivity contribution in [2.75, 3.05) is 13.6 Å². The summed E-state index contributed by atoms with van der Waals surface area (Å²) in [5.41, 5.74) is -0.457. The van der Waals surface area contributed by atoms with E-state index in [1.54, 1.807) is 7.05 Å². The van der Waals surface area contributed by atoms with E-state index in [-0.39, 0.29) is 18.6 Å². The van der Waals surface area contributed by atoms with Crippen molar-refractivity contribution in [2.24, 2.45) is 0 Å². The van der Waals surface area contributed by atoms with Gasteiger partial charge in [0.1, 0.15) is 5.60 Å². The van der Waals surface area contributed by atoms with Gasteiger partial charge in [-0.1, -0.05) is 0 Å². The Labute approximate surface area is 126 Å². The fraction of sp³-hybridized carbons (Fsp3) is 0.786. The normalized spacial score (nSPS) is 11.0. The Bertz CT molecular complexity index is 308. The summed E-state index contributed by atoms with van der Waals surface area (Å²) in [7, 11) is 1.72. The Kier molecular flexibility index (Phi) is 14.6. The molecule has 2 N–H and O–H groups in total. The molecule has 0 rings (SSSR count). The standard InChI is InChI=1S/C13H25N2O3.CH2O2.Fm/c1-11(15(5)10-16)8-6-7-9-14-12(17)18-13(2,3)4;2-1-3;/h11H,6-9H2,1-5H3,(H,14,17);1H,(H,2,3);/q-1;;. The molecule has 0 aromatic rings. The summed E-state index contributed by atoms with van der Waals surface area (Å²) in [6.45, 7) is 7.82. The third-order valence-electron chi connectivity index (χ3n) is 2.52. The fourth-order valence-electron chi connectivity index (χ4n) is 1.35. The SMILES string of the molecule is CC(CCCCNC(=O)OC(C)(C)C)N(C)[C-]=O.O=CO.[Fm]. The van der Waals surface area contributed by atoms with Gasteiger partial charge in [-0.15, -0.1) is 0 Å². The minimum atomic E-state index is -0.457. The van der Waals surface area contributed by atoms with Gasteiger partial charge in [0.15, 0.2) is 0 Å². The number of amides is 2. The van der Waals surface area contributed by atoms with E-state index in [1.807, 2.05) is 34.1 Å². The Morgan fingerprint density at radius 2 is 1.91 bits per heavy atom. The van der Waals surface area contributed by atoms with Crippen LogP contribution in [0, 0.1) is 0 Å². The Hall–Kier alpha value is -2.79. The van der Waals surface area contributed by atoms with Gasteiger partial charge < -0.3 is 24.9 Å². The van der Waals surface area contributed by atoms with Gasteiger partial charge in [0.2, 0.25) is 0 Å². The van der Waals surface area contributed by atoms with Crippen molar-refractivity contribution in [3.8, 4) is 0 Å². The quantitative estimate of drug-likeness (QED) is 0.214. The van der Waals surface area contributed by atoms with Gasteiger partial charge in [0.25, 0.3) is 6.47 Å². The molecule has 2 amide bonds. The molecule has 0 aromatic carbocycles. The third-order valence-corrected chi connectivity index (χ3v) is 2.52. The number of carboxylic acid groups (broad SMARTS) is 1. The number of nitrogens with one attached hydrogen (secondary N) is 1. The van der Waals surface area contributed by atoms with Crippen molar-refractivity contribution in [3.05, 3.63) is 0 Å². The fourth-order valence-corrected chi connectivity index (χ4v) is 1.35. The van der Waals surface area contributed by atoms with Crippen LogP contribution in [0.4, 0.5) is 4.79 Å². The smallest absolute Gasteiger partial charge is 0.407 e. The molecule has 0 aliphatic carbocycles. The molecule has 1 unspecified atom stereocenters. The van der Waals surface area contributed by atoms with Gasteiger partial charge in [-0.3, -0.25) is 4.79 Å². The molecule has 0 aliphatic heterocycles. The molecule has 8 heteroatoms. The van der Waals surface area contributed by atoms with Crippen LogP contribution in [0.3, 0.4) is 0 Å². The average Bonchev–Trinajstić information content (AvgIpc) is 2.35. The van der Waals surface area contributed by atoms with Crippen LogP contribution in [0.25, 0.3) is 0 Å². The van der Waals surface area contributed by atoms with Crippen LogP contribution in [0.5, 0.6) is 0 Å². The number of alkyl carbamates (subject to hydrolysis) is 1. The largest absolute Gasteiger partial charge is 0.520 e. The van der Waals surface area contributed by atoms with E-state index in [4.69, 9.17) is 14.6 Å². The van der Waals surface area contributed by atoms with Gasteiger partial charge >= 0.3 is 6.09 Å². The maximum Gasteiger partial charge on any atom is 0.407 e. The number of hydrogen-bond acceptors (Lipinski definition) is 4. The van der Waals surface area contributed by atoms with E-state index in [0.29, 0.717) is 6.54 Å². The van der Waals surface area contributed by atoms with E-state index in [0.717, 1.165) is 19.3 Å². The summed E-state index contributed by atoms with van der Waals surface area (Å²) in [4.78, 5) is 31.6. The zero-order valence-electron chi connectivity index (χ0n) is 13.8. The zero-order chi connectivity index (χ0) is 16.9. The zero-order valence-corrected chi connectivity index (χ0v) is 16.2. The first-order valence-electron chi connectivity index (χ1n) is 6.83. The summed E-state index contributed by atoms with van der Waals surface area (Å²) in [5.74, 6) is 0. The summed E-state index contributed by atoms with van der Waals surface area (Å²) in [5, 5.41) is 9.59. The van der Waals surface area contributed by atoms with E-state index in [2.05, 4.69) is 5.32 Å². The molecule has 0 saturated heterocycles. The van der Waals surface area contributed by atoms with Crippen LogP contribution >= 0.6 is 0 Å². The van der Waals surface area contributed by atoms with Crippen molar-refractivity contribution < 1.29 is 24.2 Å². The Morgan fingerprint density at radius 1 is 1.41 bits per heavy atom. The number of carbonyl (C=O) groups is 2. The van der Waals surface area contributed by atoms with E-state index in [9.17, 15) is 9.59 Å². The second-order valence-corrected chi connectivity index (χ2v) is 5.58. The summed E-state index contributed by atoms with van der Waals surface area (Å²) >= 11 is 0. The van der Waals surface area contributed by atoms with Crippen LogP contribution in [0.1, 0.15) is 47.0 Å². The Morgan fingerprint density at radius 3 is 2.32 bits per heavy atom. The monoisotopic (exact) mass is 560 g/mol. The van der Waals surface area contributed by atoms with Crippen LogP contribution < -0.4 is 5.32 Å². The molecule has 1 atom stereocenters. The minimum absolute atomic E-state index is 0. The second-order valence-electron chi connectivity index (χ2n) is 5.58. The average molecular weight is 560 g/mol. The van der Waals surface area contributed by atoms with E-state index >= 15 is 0 Å². The minimum Gasteiger partial charge on any atom is -0.520 e. The first-order valence-corrected chi connectivity index (χ1v) is 6.83. The molecule has 0 spiro atoms.